The highest BCUT2D eigenvalue weighted by Gasteiger charge is 2.19. The summed E-state index contributed by atoms with van der Waals surface area (Å²) in [4.78, 5) is 27.2. The van der Waals surface area contributed by atoms with E-state index in [2.05, 4.69) is 20.3 Å². The summed E-state index contributed by atoms with van der Waals surface area (Å²) in [6.07, 6.45) is 6.03. The third kappa shape index (κ3) is 5.60. The molecule has 0 saturated carbocycles. The molecule has 5 rings (SSSR count). The van der Waals surface area contributed by atoms with Crippen LogP contribution in [0.3, 0.4) is 0 Å². The minimum Gasteiger partial charge on any atom is -0.486 e. The number of nitrogens with one attached hydrogen (secondary N) is 1. The fourth-order valence-corrected chi connectivity index (χ4v) is 4.14. The van der Waals surface area contributed by atoms with Gasteiger partial charge >= 0.3 is 6.09 Å². The zero-order valence-electron chi connectivity index (χ0n) is 19.0. The lowest BCUT2D eigenvalue weighted by Crippen LogP contribution is -2.37. The summed E-state index contributed by atoms with van der Waals surface area (Å²) in [5.41, 5.74) is 2.27. The molecule has 0 spiro atoms. The molecule has 1 aliphatic rings. The highest BCUT2D eigenvalue weighted by molar-refractivity contribution is 6.32. The Morgan fingerprint density at radius 3 is 2.69 bits per heavy atom. The van der Waals surface area contributed by atoms with Gasteiger partial charge in [-0.05, 0) is 67.8 Å². The summed E-state index contributed by atoms with van der Waals surface area (Å²) in [7, 11) is 0. The summed E-state index contributed by atoms with van der Waals surface area (Å²) in [6.45, 7) is 1.78. The molecule has 1 N–H and O–H groups in total. The Morgan fingerprint density at radius 1 is 1.00 bits per heavy atom. The molecular formula is C26H24ClN5O3. The lowest BCUT2D eigenvalue weighted by atomic mass is 10.1. The van der Waals surface area contributed by atoms with Crippen molar-refractivity contribution in [1.29, 1.82) is 0 Å². The molecular weight excluding hydrogens is 466 g/mol. The van der Waals surface area contributed by atoms with E-state index in [-0.39, 0.29) is 6.09 Å². The summed E-state index contributed by atoms with van der Waals surface area (Å²) in [6, 6.07) is 16.4. The van der Waals surface area contributed by atoms with Crippen molar-refractivity contribution in [2.75, 3.05) is 18.4 Å². The molecule has 8 nitrogen and oxygen atoms in total. The van der Waals surface area contributed by atoms with E-state index in [1.807, 2.05) is 30.3 Å². The highest BCUT2D eigenvalue weighted by atomic mass is 35.5. The van der Waals surface area contributed by atoms with E-state index in [0.29, 0.717) is 28.9 Å². The van der Waals surface area contributed by atoms with Gasteiger partial charge in [0.25, 0.3) is 0 Å². The summed E-state index contributed by atoms with van der Waals surface area (Å²) in [5.74, 6) is 1.58. The molecule has 1 aliphatic heterocycles. The van der Waals surface area contributed by atoms with Gasteiger partial charge in [-0.15, -0.1) is 0 Å². The largest absolute Gasteiger partial charge is 0.486 e. The molecule has 0 radical (unpaired) electrons. The number of fused-ring (bicyclic) bond motifs is 1. The number of benzene rings is 2. The van der Waals surface area contributed by atoms with Crippen LogP contribution in [0, 0.1) is 0 Å². The van der Waals surface area contributed by atoms with Crippen LogP contribution in [0.5, 0.6) is 11.5 Å². The second kappa shape index (κ2) is 10.6. The van der Waals surface area contributed by atoms with Gasteiger partial charge in [-0.1, -0.05) is 17.7 Å². The van der Waals surface area contributed by atoms with Crippen LogP contribution in [-0.4, -0.2) is 39.0 Å². The van der Waals surface area contributed by atoms with Crippen LogP contribution in [0.15, 0.2) is 67.1 Å². The number of rotatable bonds is 6. The maximum Gasteiger partial charge on any atom is 0.415 e. The topological polar surface area (TPSA) is 89.5 Å². The normalized spacial score (nSPS) is 13.5. The number of pyridine rings is 1. The molecule has 178 valence electrons. The van der Waals surface area contributed by atoms with Gasteiger partial charge in [-0.25, -0.2) is 14.8 Å². The molecule has 1 amide bonds. The molecule has 2 aromatic carbocycles. The van der Waals surface area contributed by atoms with Gasteiger partial charge in [0.1, 0.15) is 30.3 Å². The summed E-state index contributed by atoms with van der Waals surface area (Å²) in [5, 5.41) is 4.46. The Kier molecular flexibility index (Phi) is 6.90. The molecule has 3 heterocycles. The number of likely N-dealkylation sites (tertiary alicyclic amines) is 1. The number of carbonyl (C=O) groups excluding carboxylic acids is 1. The Bertz CT molecular complexity index is 1330. The van der Waals surface area contributed by atoms with Crippen LogP contribution in [-0.2, 0) is 6.61 Å². The predicted molar refractivity (Wildman–Crippen MR) is 134 cm³/mol. The first-order valence-corrected chi connectivity index (χ1v) is 11.8. The third-order valence-electron chi connectivity index (χ3n) is 5.72. The Balaban J connectivity index is 1.31. The number of hydrogen-bond donors (Lipinski definition) is 1. The first-order valence-electron chi connectivity index (χ1n) is 11.5. The fourth-order valence-electron chi connectivity index (χ4n) is 3.91. The van der Waals surface area contributed by atoms with Crippen LogP contribution in [0.4, 0.5) is 16.3 Å². The van der Waals surface area contributed by atoms with Crippen molar-refractivity contribution in [3.63, 3.8) is 0 Å². The standard InChI is InChI=1S/C26H24ClN5O3/c27-22-14-18(7-10-24(22)34-16-19-6-2-3-11-28-19)31-25-21-15-20(8-9-23(21)29-17-30-25)35-26(33)32-12-4-1-5-13-32/h2-3,6-11,14-15,17H,1,4-5,12-13,16H2,(H,29,30,31). The second-order valence-corrected chi connectivity index (χ2v) is 8.60. The minimum atomic E-state index is -0.330. The van der Waals surface area contributed by atoms with E-state index < -0.39 is 0 Å². The van der Waals surface area contributed by atoms with Gasteiger partial charge in [0.2, 0.25) is 0 Å². The van der Waals surface area contributed by atoms with Crippen molar-refractivity contribution in [3.8, 4) is 11.5 Å². The second-order valence-electron chi connectivity index (χ2n) is 8.20. The lowest BCUT2D eigenvalue weighted by Gasteiger charge is -2.25. The SMILES string of the molecule is O=C(Oc1ccc2ncnc(Nc3ccc(OCc4ccccn4)c(Cl)c3)c2c1)N1CCCCC1. The number of ether oxygens (including phenoxy) is 2. The molecule has 1 fully saturated rings. The number of aromatic nitrogens is 3. The molecule has 1 saturated heterocycles. The van der Waals surface area contributed by atoms with Crippen LogP contribution in [0.25, 0.3) is 10.9 Å². The van der Waals surface area contributed by atoms with Crippen LogP contribution >= 0.6 is 11.6 Å². The van der Waals surface area contributed by atoms with E-state index in [0.717, 1.165) is 54.6 Å². The average molecular weight is 490 g/mol. The highest BCUT2D eigenvalue weighted by Crippen LogP contribution is 2.32. The molecule has 0 unspecified atom stereocenters. The maximum absolute atomic E-state index is 12.5. The van der Waals surface area contributed by atoms with Crippen molar-refractivity contribution in [1.82, 2.24) is 19.9 Å². The van der Waals surface area contributed by atoms with E-state index in [9.17, 15) is 4.79 Å². The molecule has 2 aromatic heterocycles. The Morgan fingerprint density at radius 2 is 1.89 bits per heavy atom. The number of piperidine rings is 1. The van der Waals surface area contributed by atoms with E-state index in [1.54, 1.807) is 35.4 Å². The van der Waals surface area contributed by atoms with Gasteiger partial charge in [0.15, 0.2) is 0 Å². The smallest absolute Gasteiger partial charge is 0.415 e. The zero-order chi connectivity index (χ0) is 24.0. The van der Waals surface area contributed by atoms with E-state index in [1.165, 1.54) is 6.33 Å². The number of halogens is 1. The first-order chi connectivity index (χ1) is 17.2. The van der Waals surface area contributed by atoms with Crippen LogP contribution in [0.1, 0.15) is 25.0 Å². The molecule has 0 aliphatic carbocycles. The number of anilines is 2. The maximum atomic E-state index is 12.5. The van der Waals surface area contributed by atoms with Crippen molar-refractivity contribution >= 4 is 40.1 Å². The first kappa shape index (κ1) is 22.9. The molecule has 4 aromatic rings. The molecule has 35 heavy (non-hydrogen) atoms. The molecule has 0 bridgehead atoms. The lowest BCUT2D eigenvalue weighted by molar-refractivity contribution is 0.142. The minimum absolute atomic E-state index is 0.322. The van der Waals surface area contributed by atoms with Crippen molar-refractivity contribution in [3.05, 3.63) is 77.8 Å². The van der Waals surface area contributed by atoms with Crippen molar-refractivity contribution in [2.45, 2.75) is 25.9 Å². The molecule has 9 heteroatoms. The monoisotopic (exact) mass is 489 g/mol. The van der Waals surface area contributed by atoms with Crippen molar-refractivity contribution < 1.29 is 14.3 Å². The number of nitrogens with zero attached hydrogens (tertiary/aromatic N) is 4. The van der Waals surface area contributed by atoms with Gasteiger partial charge in [0.05, 0.1) is 16.2 Å². The van der Waals surface area contributed by atoms with Crippen LogP contribution in [0.2, 0.25) is 5.02 Å². The average Bonchev–Trinajstić information content (AvgIpc) is 2.90. The van der Waals surface area contributed by atoms with E-state index in [4.69, 9.17) is 21.1 Å². The van der Waals surface area contributed by atoms with Crippen molar-refractivity contribution in [2.24, 2.45) is 0 Å². The van der Waals surface area contributed by atoms with Gasteiger partial charge in [-0.3, -0.25) is 4.98 Å². The fraction of sp³-hybridized carbons (Fsp3) is 0.231. The van der Waals surface area contributed by atoms with Gasteiger partial charge < -0.3 is 19.7 Å². The van der Waals surface area contributed by atoms with Gasteiger partial charge in [0, 0.05) is 30.4 Å². The summed E-state index contributed by atoms with van der Waals surface area (Å²) >= 11 is 6.46. The number of amides is 1. The van der Waals surface area contributed by atoms with Gasteiger partial charge in [-0.2, -0.15) is 0 Å². The number of carbonyl (C=O) groups is 1. The number of hydrogen-bond acceptors (Lipinski definition) is 7. The Hall–Kier alpha value is -3.91. The predicted octanol–water partition coefficient (Wildman–Crippen LogP) is 5.99. The third-order valence-corrected chi connectivity index (χ3v) is 6.02. The zero-order valence-corrected chi connectivity index (χ0v) is 19.7. The van der Waals surface area contributed by atoms with E-state index >= 15 is 0 Å². The van der Waals surface area contributed by atoms with Crippen LogP contribution < -0.4 is 14.8 Å². The Labute approximate surface area is 207 Å². The summed E-state index contributed by atoms with van der Waals surface area (Å²) < 4.78 is 11.4. The quantitative estimate of drug-likeness (QED) is 0.356. The molecule has 0 atom stereocenters.